The van der Waals surface area contributed by atoms with Gasteiger partial charge in [0.2, 0.25) is 0 Å². The summed E-state index contributed by atoms with van der Waals surface area (Å²) in [6.07, 6.45) is 1.30. The summed E-state index contributed by atoms with van der Waals surface area (Å²) in [6, 6.07) is 4.82. The molecule has 1 unspecified atom stereocenters. The van der Waals surface area contributed by atoms with Crippen LogP contribution in [0.2, 0.25) is 0 Å². The molecule has 1 aromatic rings. The molecule has 18 heavy (non-hydrogen) atoms. The first kappa shape index (κ1) is 13.5. The van der Waals surface area contributed by atoms with E-state index >= 15 is 0 Å². The number of hydrogen-bond donors (Lipinski definition) is 1. The normalized spacial score (nSPS) is 20.4. The van der Waals surface area contributed by atoms with E-state index in [1.165, 1.54) is 24.4 Å². The Kier molecular flexibility index (Phi) is 4.76. The molecule has 98 valence electrons. The molecule has 0 bridgehead atoms. The molecule has 2 heterocycles. The number of nitriles is 1. The minimum Gasteiger partial charge on any atom is -0.312 e. The van der Waals surface area contributed by atoms with Crippen LogP contribution >= 0.6 is 11.3 Å². The van der Waals surface area contributed by atoms with E-state index in [1.807, 2.05) is 11.4 Å². The van der Waals surface area contributed by atoms with Crippen LogP contribution in [0, 0.1) is 17.2 Å². The molecule has 0 radical (unpaired) electrons. The van der Waals surface area contributed by atoms with Gasteiger partial charge in [-0.05, 0) is 45.3 Å². The second-order valence-electron chi connectivity index (χ2n) is 5.29. The third kappa shape index (κ3) is 3.55. The fourth-order valence-corrected chi connectivity index (χ4v) is 3.21. The van der Waals surface area contributed by atoms with Crippen molar-refractivity contribution < 1.29 is 0 Å². The molecule has 0 saturated carbocycles. The van der Waals surface area contributed by atoms with Crippen molar-refractivity contribution in [3.63, 3.8) is 0 Å². The van der Waals surface area contributed by atoms with Crippen molar-refractivity contribution in [2.45, 2.75) is 32.9 Å². The van der Waals surface area contributed by atoms with E-state index in [0.29, 0.717) is 6.04 Å². The van der Waals surface area contributed by atoms with Crippen LogP contribution in [0.5, 0.6) is 0 Å². The second kappa shape index (κ2) is 6.33. The van der Waals surface area contributed by atoms with Crippen molar-refractivity contribution in [3.05, 3.63) is 21.9 Å². The van der Waals surface area contributed by atoms with Crippen molar-refractivity contribution in [2.24, 2.45) is 5.92 Å². The zero-order chi connectivity index (χ0) is 13.0. The van der Waals surface area contributed by atoms with Crippen LogP contribution in [0.15, 0.2) is 11.4 Å². The van der Waals surface area contributed by atoms with E-state index in [1.54, 1.807) is 11.3 Å². The molecule has 1 aromatic heterocycles. The molecular formula is C14H21N3S. The molecule has 0 amide bonds. The Bertz CT molecular complexity index is 419. The minimum absolute atomic E-state index is 0.672. The molecule has 4 heteroatoms. The molecule has 0 spiro atoms. The van der Waals surface area contributed by atoms with Gasteiger partial charge in [-0.3, -0.25) is 0 Å². The third-order valence-electron chi connectivity index (χ3n) is 3.56. The van der Waals surface area contributed by atoms with E-state index in [-0.39, 0.29) is 0 Å². The SMILES string of the molecule is CC(C)N1CCC(CNCc2cc(C#N)cs2)C1. The Morgan fingerprint density at radius 3 is 3.06 bits per heavy atom. The topological polar surface area (TPSA) is 39.1 Å². The van der Waals surface area contributed by atoms with Crippen LogP contribution in [0.3, 0.4) is 0 Å². The second-order valence-corrected chi connectivity index (χ2v) is 6.28. The highest BCUT2D eigenvalue weighted by Crippen LogP contribution is 2.18. The van der Waals surface area contributed by atoms with E-state index in [2.05, 4.69) is 30.1 Å². The van der Waals surface area contributed by atoms with Crippen molar-refractivity contribution in [1.82, 2.24) is 10.2 Å². The van der Waals surface area contributed by atoms with Gasteiger partial charge in [0, 0.05) is 29.4 Å². The van der Waals surface area contributed by atoms with Crippen LogP contribution < -0.4 is 5.32 Å². The van der Waals surface area contributed by atoms with E-state index < -0.39 is 0 Å². The standard InChI is InChI=1S/C14H21N3S/c1-11(2)17-4-3-12(9-17)7-16-8-14-5-13(6-15)10-18-14/h5,10-12,16H,3-4,7-9H2,1-2H3. The van der Waals surface area contributed by atoms with E-state index in [0.717, 1.165) is 24.6 Å². The zero-order valence-electron chi connectivity index (χ0n) is 11.1. The zero-order valence-corrected chi connectivity index (χ0v) is 12.0. The summed E-state index contributed by atoms with van der Waals surface area (Å²) in [7, 11) is 0. The van der Waals surface area contributed by atoms with Gasteiger partial charge in [0.05, 0.1) is 5.56 Å². The maximum Gasteiger partial charge on any atom is 0.100 e. The number of hydrogen-bond acceptors (Lipinski definition) is 4. The summed E-state index contributed by atoms with van der Waals surface area (Å²) < 4.78 is 0. The van der Waals surface area contributed by atoms with Gasteiger partial charge in [-0.1, -0.05) is 0 Å². The number of nitrogens with zero attached hydrogens (tertiary/aromatic N) is 2. The van der Waals surface area contributed by atoms with Gasteiger partial charge in [0.1, 0.15) is 6.07 Å². The predicted octanol–water partition coefficient (Wildman–Crippen LogP) is 2.44. The van der Waals surface area contributed by atoms with Crippen LogP contribution in [0.25, 0.3) is 0 Å². The monoisotopic (exact) mass is 263 g/mol. The lowest BCUT2D eigenvalue weighted by atomic mass is 10.1. The molecule has 1 aliphatic rings. The Hall–Kier alpha value is -0.890. The van der Waals surface area contributed by atoms with E-state index in [9.17, 15) is 0 Å². The summed E-state index contributed by atoms with van der Waals surface area (Å²) in [5, 5.41) is 14.2. The molecule has 0 aliphatic carbocycles. The summed E-state index contributed by atoms with van der Waals surface area (Å²) >= 11 is 1.67. The number of rotatable bonds is 5. The highest BCUT2D eigenvalue weighted by molar-refractivity contribution is 7.10. The van der Waals surface area contributed by atoms with Gasteiger partial charge in [0.15, 0.2) is 0 Å². The highest BCUT2D eigenvalue weighted by atomic mass is 32.1. The number of thiophene rings is 1. The first-order valence-electron chi connectivity index (χ1n) is 6.61. The van der Waals surface area contributed by atoms with Crippen LogP contribution in [-0.2, 0) is 6.54 Å². The molecule has 3 nitrogen and oxygen atoms in total. The summed E-state index contributed by atoms with van der Waals surface area (Å²) in [4.78, 5) is 3.80. The van der Waals surface area contributed by atoms with Gasteiger partial charge >= 0.3 is 0 Å². The molecule has 1 atom stereocenters. The van der Waals surface area contributed by atoms with Gasteiger partial charge < -0.3 is 10.2 Å². The summed E-state index contributed by atoms with van der Waals surface area (Å²) in [5.41, 5.74) is 0.781. The summed E-state index contributed by atoms with van der Waals surface area (Å²) in [6.45, 7) is 8.98. The van der Waals surface area contributed by atoms with Gasteiger partial charge in [0.25, 0.3) is 0 Å². The van der Waals surface area contributed by atoms with E-state index in [4.69, 9.17) is 5.26 Å². The Morgan fingerprint density at radius 1 is 1.61 bits per heavy atom. The largest absolute Gasteiger partial charge is 0.312 e. The molecule has 1 aliphatic heterocycles. The van der Waals surface area contributed by atoms with Crippen molar-refractivity contribution >= 4 is 11.3 Å². The first-order valence-corrected chi connectivity index (χ1v) is 7.49. The van der Waals surface area contributed by atoms with Gasteiger partial charge in [-0.2, -0.15) is 5.26 Å². The predicted molar refractivity (Wildman–Crippen MR) is 75.6 cm³/mol. The first-order chi connectivity index (χ1) is 8.69. The molecule has 2 rings (SSSR count). The molecule has 0 aromatic carbocycles. The van der Waals surface area contributed by atoms with Crippen molar-refractivity contribution in [1.29, 1.82) is 5.26 Å². The van der Waals surface area contributed by atoms with Gasteiger partial charge in [-0.25, -0.2) is 0 Å². The average Bonchev–Trinajstić information content (AvgIpc) is 2.97. The molecule has 1 fully saturated rings. The molecule has 1 saturated heterocycles. The minimum atomic E-state index is 0.672. The lowest BCUT2D eigenvalue weighted by molar-refractivity contribution is 0.264. The highest BCUT2D eigenvalue weighted by Gasteiger charge is 2.23. The fraction of sp³-hybridized carbons (Fsp3) is 0.643. The van der Waals surface area contributed by atoms with Gasteiger partial charge in [-0.15, -0.1) is 11.3 Å². The van der Waals surface area contributed by atoms with Crippen molar-refractivity contribution in [2.75, 3.05) is 19.6 Å². The lowest BCUT2D eigenvalue weighted by Gasteiger charge is -2.20. The third-order valence-corrected chi connectivity index (χ3v) is 4.50. The maximum absolute atomic E-state index is 8.76. The van der Waals surface area contributed by atoms with Crippen LogP contribution in [-0.4, -0.2) is 30.6 Å². The van der Waals surface area contributed by atoms with Crippen molar-refractivity contribution in [3.8, 4) is 6.07 Å². The maximum atomic E-state index is 8.76. The Morgan fingerprint density at radius 2 is 2.44 bits per heavy atom. The number of nitrogens with one attached hydrogen (secondary N) is 1. The average molecular weight is 263 g/mol. The Labute approximate surface area is 113 Å². The Balaban J connectivity index is 1.69. The fourth-order valence-electron chi connectivity index (χ4n) is 2.43. The quantitative estimate of drug-likeness (QED) is 0.887. The summed E-state index contributed by atoms with van der Waals surface area (Å²) in [5.74, 6) is 0.780. The van der Waals surface area contributed by atoms with Crippen LogP contribution in [0.1, 0.15) is 30.7 Å². The number of likely N-dealkylation sites (tertiary alicyclic amines) is 1. The molecule has 1 N–H and O–H groups in total. The smallest absolute Gasteiger partial charge is 0.100 e. The molecular weight excluding hydrogens is 242 g/mol. The lowest BCUT2D eigenvalue weighted by Crippen LogP contribution is -2.30. The van der Waals surface area contributed by atoms with Crippen LogP contribution in [0.4, 0.5) is 0 Å².